The molecule has 1 saturated heterocycles. The predicted octanol–water partition coefficient (Wildman–Crippen LogP) is 1.14. The molecule has 6 heteroatoms. The summed E-state index contributed by atoms with van der Waals surface area (Å²) < 4.78 is 5.04. The quantitative estimate of drug-likeness (QED) is 0.888. The molecular weight excluding hydrogens is 248 g/mol. The zero-order valence-corrected chi connectivity index (χ0v) is 11.1. The van der Waals surface area contributed by atoms with E-state index >= 15 is 0 Å². The molecule has 1 N–H and O–H groups in total. The number of hydrogen-bond donors (Lipinski definition) is 1. The number of furan rings is 1. The van der Waals surface area contributed by atoms with Crippen molar-refractivity contribution in [2.24, 2.45) is 0 Å². The third-order valence-electron chi connectivity index (χ3n) is 3.55. The van der Waals surface area contributed by atoms with Crippen LogP contribution in [0.15, 0.2) is 16.7 Å². The maximum Gasteiger partial charge on any atom is 0.339 e. The number of rotatable bonds is 3. The Balaban J connectivity index is 2.12. The van der Waals surface area contributed by atoms with Crippen molar-refractivity contribution < 1.29 is 19.1 Å². The predicted molar refractivity (Wildman–Crippen MR) is 68.3 cm³/mol. The number of piperazine rings is 1. The van der Waals surface area contributed by atoms with E-state index in [4.69, 9.17) is 9.52 Å². The molecule has 1 aromatic rings. The monoisotopic (exact) mass is 266 g/mol. The van der Waals surface area contributed by atoms with E-state index in [0.29, 0.717) is 13.1 Å². The summed E-state index contributed by atoms with van der Waals surface area (Å²) in [6.07, 6.45) is 1.24. The highest BCUT2D eigenvalue weighted by Crippen LogP contribution is 2.17. The van der Waals surface area contributed by atoms with Crippen molar-refractivity contribution in [1.29, 1.82) is 0 Å². The van der Waals surface area contributed by atoms with E-state index in [1.807, 2.05) is 0 Å². The molecule has 6 nitrogen and oxygen atoms in total. The van der Waals surface area contributed by atoms with E-state index in [1.165, 1.54) is 12.3 Å². The Labute approximate surface area is 111 Å². The van der Waals surface area contributed by atoms with Crippen molar-refractivity contribution in [3.63, 3.8) is 0 Å². The number of carbonyl (C=O) groups excluding carboxylic acids is 1. The Morgan fingerprint density at radius 1 is 1.47 bits per heavy atom. The molecule has 104 valence electrons. The van der Waals surface area contributed by atoms with Crippen LogP contribution >= 0.6 is 0 Å². The third-order valence-corrected chi connectivity index (χ3v) is 3.55. The van der Waals surface area contributed by atoms with Crippen LogP contribution in [0.2, 0.25) is 0 Å². The van der Waals surface area contributed by atoms with Crippen molar-refractivity contribution in [2.75, 3.05) is 26.2 Å². The molecule has 1 fully saturated rings. The molecule has 0 bridgehead atoms. The number of aromatic carboxylic acids is 1. The van der Waals surface area contributed by atoms with Crippen molar-refractivity contribution in [3.05, 3.63) is 23.7 Å². The second-order valence-corrected chi connectivity index (χ2v) is 4.70. The van der Waals surface area contributed by atoms with Gasteiger partial charge in [-0.2, -0.15) is 0 Å². The molecule has 0 radical (unpaired) electrons. The van der Waals surface area contributed by atoms with Crippen LogP contribution in [-0.4, -0.2) is 59.0 Å². The molecule has 1 unspecified atom stereocenters. The van der Waals surface area contributed by atoms with Crippen LogP contribution in [-0.2, 0) is 0 Å². The van der Waals surface area contributed by atoms with Crippen LogP contribution in [0, 0.1) is 0 Å². The van der Waals surface area contributed by atoms with Crippen LogP contribution in [0.3, 0.4) is 0 Å². The van der Waals surface area contributed by atoms with Gasteiger partial charge < -0.3 is 14.4 Å². The van der Waals surface area contributed by atoms with Crippen LogP contribution in [0.25, 0.3) is 0 Å². The number of carboxylic acids is 1. The number of likely N-dealkylation sites (N-methyl/N-ethyl adjacent to an activating group) is 1. The van der Waals surface area contributed by atoms with Crippen molar-refractivity contribution in [2.45, 2.75) is 19.9 Å². The van der Waals surface area contributed by atoms with Gasteiger partial charge in [0.15, 0.2) is 0 Å². The van der Waals surface area contributed by atoms with Gasteiger partial charge in [-0.3, -0.25) is 9.69 Å². The molecular formula is C13H18N2O4. The maximum atomic E-state index is 12.3. The van der Waals surface area contributed by atoms with Gasteiger partial charge in [0, 0.05) is 25.7 Å². The summed E-state index contributed by atoms with van der Waals surface area (Å²) in [5, 5.41) is 8.99. The largest absolute Gasteiger partial charge is 0.478 e. The SMILES string of the molecule is CCN1CCN(C(=O)c2occc2C(=O)O)CC1C. The fourth-order valence-corrected chi connectivity index (χ4v) is 2.44. The average molecular weight is 266 g/mol. The minimum atomic E-state index is -1.14. The van der Waals surface area contributed by atoms with Gasteiger partial charge in [0.05, 0.1) is 6.26 Å². The van der Waals surface area contributed by atoms with Gasteiger partial charge in [-0.25, -0.2) is 4.79 Å². The van der Waals surface area contributed by atoms with Crippen molar-refractivity contribution in [1.82, 2.24) is 9.80 Å². The van der Waals surface area contributed by atoms with Crippen molar-refractivity contribution >= 4 is 11.9 Å². The molecule has 1 atom stereocenters. The highest BCUT2D eigenvalue weighted by atomic mass is 16.4. The van der Waals surface area contributed by atoms with Gasteiger partial charge in [0.1, 0.15) is 5.56 Å². The smallest absolute Gasteiger partial charge is 0.339 e. The van der Waals surface area contributed by atoms with Crippen molar-refractivity contribution in [3.8, 4) is 0 Å². The van der Waals surface area contributed by atoms with Gasteiger partial charge in [-0.05, 0) is 19.5 Å². The lowest BCUT2D eigenvalue weighted by atomic mass is 10.1. The zero-order valence-electron chi connectivity index (χ0n) is 11.1. The van der Waals surface area contributed by atoms with Crippen LogP contribution in [0.1, 0.15) is 34.8 Å². The highest BCUT2D eigenvalue weighted by Gasteiger charge is 2.30. The average Bonchev–Trinajstić information content (AvgIpc) is 2.87. The van der Waals surface area contributed by atoms with Crippen LogP contribution in [0.4, 0.5) is 0 Å². The Kier molecular flexibility index (Phi) is 3.90. The summed E-state index contributed by atoms with van der Waals surface area (Å²) in [4.78, 5) is 27.2. The molecule has 1 aliphatic rings. The summed E-state index contributed by atoms with van der Waals surface area (Å²) in [5.41, 5.74) is -0.0735. The Bertz CT molecular complexity index is 483. The fraction of sp³-hybridized carbons (Fsp3) is 0.538. The Hall–Kier alpha value is -1.82. The lowest BCUT2D eigenvalue weighted by Crippen LogP contribution is -2.53. The third kappa shape index (κ3) is 2.63. The Morgan fingerprint density at radius 3 is 2.79 bits per heavy atom. The fourth-order valence-electron chi connectivity index (χ4n) is 2.44. The normalized spacial score (nSPS) is 20.5. The van der Waals surface area contributed by atoms with E-state index in [2.05, 4.69) is 18.7 Å². The second-order valence-electron chi connectivity index (χ2n) is 4.70. The summed E-state index contributed by atoms with van der Waals surface area (Å²) in [6.45, 7) is 7.08. The van der Waals surface area contributed by atoms with E-state index < -0.39 is 5.97 Å². The molecule has 0 saturated carbocycles. The summed E-state index contributed by atoms with van der Waals surface area (Å²) in [7, 11) is 0. The van der Waals surface area contributed by atoms with Gasteiger partial charge in [0.25, 0.3) is 5.91 Å². The molecule has 0 spiro atoms. The summed E-state index contributed by atoms with van der Waals surface area (Å²) >= 11 is 0. The molecule has 2 rings (SSSR count). The number of carboxylic acid groups (broad SMARTS) is 1. The topological polar surface area (TPSA) is 74.0 Å². The molecule has 0 aliphatic carbocycles. The van der Waals surface area contributed by atoms with Gasteiger partial charge >= 0.3 is 5.97 Å². The van der Waals surface area contributed by atoms with Crippen LogP contribution < -0.4 is 0 Å². The van der Waals surface area contributed by atoms with Crippen LogP contribution in [0.5, 0.6) is 0 Å². The molecule has 19 heavy (non-hydrogen) atoms. The first-order valence-electron chi connectivity index (χ1n) is 6.38. The Morgan fingerprint density at radius 2 is 2.21 bits per heavy atom. The van der Waals surface area contributed by atoms with E-state index in [1.54, 1.807) is 4.90 Å². The van der Waals surface area contributed by atoms with Gasteiger partial charge in [-0.15, -0.1) is 0 Å². The molecule has 2 heterocycles. The zero-order chi connectivity index (χ0) is 14.0. The van der Waals surface area contributed by atoms with E-state index in [-0.39, 0.29) is 23.3 Å². The molecule has 1 aliphatic heterocycles. The molecule has 0 aromatic carbocycles. The summed E-state index contributed by atoms with van der Waals surface area (Å²) in [5.74, 6) is -1.56. The minimum absolute atomic E-state index is 0.0735. The summed E-state index contributed by atoms with van der Waals surface area (Å²) in [6, 6.07) is 1.58. The number of hydrogen-bond acceptors (Lipinski definition) is 4. The maximum absolute atomic E-state index is 12.3. The number of nitrogens with zero attached hydrogens (tertiary/aromatic N) is 2. The lowest BCUT2D eigenvalue weighted by molar-refractivity contribution is 0.0491. The van der Waals surface area contributed by atoms with E-state index in [9.17, 15) is 9.59 Å². The number of carbonyl (C=O) groups is 2. The molecule has 1 aromatic heterocycles. The second kappa shape index (κ2) is 5.44. The lowest BCUT2D eigenvalue weighted by Gasteiger charge is -2.39. The minimum Gasteiger partial charge on any atom is -0.478 e. The first-order valence-corrected chi connectivity index (χ1v) is 6.38. The number of amides is 1. The standard InChI is InChI=1S/C13H18N2O4/c1-3-14-5-6-15(8-9(14)2)12(16)11-10(13(17)18)4-7-19-11/h4,7,9H,3,5-6,8H2,1-2H3,(H,17,18). The molecule has 1 amide bonds. The first-order chi connectivity index (χ1) is 9.04. The highest BCUT2D eigenvalue weighted by molar-refractivity contribution is 6.02. The van der Waals surface area contributed by atoms with Gasteiger partial charge in [0.2, 0.25) is 5.76 Å². The van der Waals surface area contributed by atoms with Gasteiger partial charge in [-0.1, -0.05) is 6.92 Å². The van der Waals surface area contributed by atoms with E-state index in [0.717, 1.165) is 13.1 Å². The first kappa shape index (κ1) is 13.6.